The molecule has 208 valence electrons. The summed E-state index contributed by atoms with van der Waals surface area (Å²) in [6.45, 7) is 19.0. The van der Waals surface area contributed by atoms with Gasteiger partial charge in [-0.25, -0.2) is 0 Å². The van der Waals surface area contributed by atoms with Crippen molar-refractivity contribution in [3.8, 4) is 5.75 Å². The van der Waals surface area contributed by atoms with Gasteiger partial charge in [-0.3, -0.25) is 4.90 Å². The average Bonchev–Trinajstić information content (AvgIpc) is 2.95. The van der Waals surface area contributed by atoms with Gasteiger partial charge in [0.05, 0.1) is 6.10 Å². The van der Waals surface area contributed by atoms with Gasteiger partial charge in [-0.15, -0.1) is 0 Å². The first-order valence-corrected chi connectivity index (χ1v) is 16.8. The highest BCUT2D eigenvalue weighted by Gasteiger charge is 2.47. The molecule has 0 saturated heterocycles. The van der Waals surface area contributed by atoms with Crippen molar-refractivity contribution in [2.45, 2.75) is 83.8 Å². The summed E-state index contributed by atoms with van der Waals surface area (Å²) in [5.41, 5.74) is 6.69. The van der Waals surface area contributed by atoms with Gasteiger partial charge in [0.25, 0.3) is 0 Å². The maximum atomic E-state index is 7.48. The van der Waals surface area contributed by atoms with E-state index in [1.807, 2.05) is 18.2 Å². The Kier molecular flexibility index (Phi) is 9.87. The molecule has 4 heteroatoms. The second kappa shape index (κ2) is 13.1. The summed E-state index contributed by atoms with van der Waals surface area (Å²) >= 11 is 0. The molecule has 39 heavy (non-hydrogen) atoms. The molecule has 3 nitrogen and oxygen atoms in total. The van der Waals surface area contributed by atoms with Crippen LogP contribution < -0.4 is 4.74 Å². The van der Waals surface area contributed by atoms with E-state index in [1.165, 1.54) is 22.3 Å². The second-order valence-corrected chi connectivity index (χ2v) is 17.3. The van der Waals surface area contributed by atoms with Crippen molar-refractivity contribution < 1.29 is 9.16 Å². The van der Waals surface area contributed by atoms with Crippen molar-refractivity contribution in [2.75, 3.05) is 13.1 Å². The van der Waals surface area contributed by atoms with Crippen molar-refractivity contribution in [3.05, 3.63) is 108 Å². The number of nitrogens with zero attached hydrogens (tertiary/aromatic N) is 1. The number of hydrogen-bond donors (Lipinski definition) is 0. The summed E-state index contributed by atoms with van der Waals surface area (Å²) < 4.78 is 13.6. The molecule has 1 unspecified atom stereocenters. The molecule has 3 aromatic rings. The van der Waals surface area contributed by atoms with E-state index >= 15 is 0 Å². The van der Waals surface area contributed by atoms with Gasteiger partial charge >= 0.3 is 0 Å². The molecule has 0 radical (unpaired) electrons. The van der Waals surface area contributed by atoms with E-state index in [0.29, 0.717) is 29.3 Å². The van der Waals surface area contributed by atoms with Crippen molar-refractivity contribution >= 4 is 13.9 Å². The minimum Gasteiger partial charge on any atom is -0.489 e. The highest BCUT2D eigenvalue weighted by Crippen LogP contribution is 2.45. The maximum absolute atomic E-state index is 7.48. The molecule has 1 aliphatic rings. The summed E-state index contributed by atoms with van der Waals surface area (Å²) in [4.78, 5) is 2.57. The quantitative estimate of drug-likeness (QED) is 0.226. The van der Waals surface area contributed by atoms with Gasteiger partial charge in [0.1, 0.15) is 12.4 Å². The van der Waals surface area contributed by atoms with Crippen LogP contribution in [0.15, 0.2) is 91.0 Å². The van der Waals surface area contributed by atoms with E-state index in [0.717, 1.165) is 18.8 Å². The molecule has 0 amide bonds. The van der Waals surface area contributed by atoms with Crippen LogP contribution in [0.4, 0.5) is 0 Å². The molecule has 0 aromatic heterocycles. The Morgan fingerprint density at radius 2 is 1.31 bits per heavy atom. The summed E-state index contributed by atoms with van der Waals surface area (Å²) in [6.07, 6.45) is 2.45. The van der Waals surface area contributed by atoms with Crippen LogP contribution in [0.1, 0.15) is 71.2 Å². The third-order valence-corrected chi connectivity index (χ3v) is 14.7. The Balaban J connectivity index is 1.61. The van der Waals surface area contributed by atoms with Crippen LogP contribution in [0.2, 0.25) is 16.6 Å². The van der Waals surface area contributed by atoms with E-state index in [9.17, 15) is 0 Å². The largest absolute Gasteiger partial charge is 0.489 e. The first-order valence-electron chi connectivity index (χ1n) is 14.7. The molecule has 0 N–H and O–H groups in total. The molecule has 3 aromatic carbocycles. The zero-order valence-electron chi connectivity index (χ0n) is 24.9. The lowest BCUT2D eigenvalue weighted by molar-refractivity contribution is 0.127. The van der Waals surface area contributed by atoms with Gasteiger partial charge in [0, 0.05) is 19.1 Å². The monoisotopic (exact) mass is 541 g/mol. The Labute approximate surface area is 238 Å². The van der Waals surface area contributed by atoms with Crippen molar-refractivity contribution in [1.82, 2.24) is 4.90 Å². The smallest absolute Gasteiger partial charge is 0.201 e. The molecule has 1 heterocycles. The van der Waals surface area contributed by atoms with E-state index in [1.54, 1.807) is 0 Å². The molecule has 0 bridgehead atoms. The highest BCUT2D eigenvalue weighted by molar-refractivity contribution is 6.77. The standard InChI is InChI=1S/C35H47NO2Si/c1-26(2)39(27(3)4,28(5)6)38-35-24-36(29(7)31-16-12-9-13-17-31)23-22-34(35)32-18-20-33(21-19-32)37-25-30-14-10-8-11-15-30/h8-22,26-29,35H,23-25H2,1-7H3/t29-,35?/m1/s1. The predicted octanol–water partition coefficient (Wildman–Crippen LogP) is 9.29. The van der Waals surface area contributed by atoms with Gasteiger partial charge < -0.3 is 9.16 Å². The van der Waals surface area contributed by atoms with Crippen LogP contribution >= 0.6 is 0 Å². The molecular formula is C35H47NO2Si. The first-order chi connectivity index (χ1) is 18.7. The number of benzene rings is 3. The fraction of sp³-hybridized carbons (Fsp3) is 0.429. The Morgan fingerprint density at radius 3 is 1.87 bits per heavy atom. The Morgan fingerprint density at radius 1 is 0.744 bits per heavy atom. The molecule has 2 atom stereocenters. The minimum absolute atomic E-state index is 0.0415. The fourth-order valence-corrected chi connectivity index (χ4v) is 12.0. The van der Waals surface area contributed by atoms with E-state index in [4.69, 9.17) is 9.16 Å². The normalized spacial score (nSPS) is 17.5. The van der Waals surface area contributed by atoms with Gasteiger partial charge in [0.15, 0.2) is 0 Å². The summed E-state index contributed by atoms with van der Waals surface area (Å²) in [7, 11) is -2.09. The number of hydrogen-bond acceptors (Lipinski definition) is 3. The van der Waals surface area contributed by atoms with Gasteiger partial charge in [-0.05, 0) is 57.9 Å². The summed E-state index contributed by atoms with van der Waals surface area (Å²) in [6, 6.07) is 30.1. The van der Waals surface area contributed by atoms with Crippen LogP contribution in [0.3, 0.4) is 0 Å². The van der Waals surface area contributed by atoms with Crippen LogP contribution in [0, 0.1) is 0 Å². The minimum atomic E-state index is -2.09. The number of ether oxygens (including phenoxy) is 1. The zero-order valence-corrected chi connectivity index (χ0v) is 25.9. The first kappa shape index (κ1) is 29.3. The third-order valence-electron chi connectivity index (χ3n) is 8.61. The van der Waals surface area contributed by atoms with Crippen molar-refractivity contribution in [1.29, 1.82) is 0 Å². The van der Waals surface area contributed by atoms with Crippen LogP contribution in [-0.2, 0) is 11.0 Å². The molecule has 0 aliphatic carbocycles. The maximum Gasteiger partial charge on any atom is 0.201 e. The van der Waals surface area contributed by atoms with Crippen LogP contribution in [0.5, 0.6) is 5.75 Å². The van der Waals surface area contributed by atoms with Gasteiger partial charge in [-0.1, -0.05) is 120 Å². The fourth-order valence-electron chi connectivity index (χ4n) is 6.54. The van der Waals surface area contributed by atoms with E-state index in [2.05, 4.69) is 126 Å². The van der Waals surface area contributed by atoms with E-state index < -0.39 is 8.32 Å². The highest BCUT2D eigenvalue weighted by atomic mass is 28.4. The molecule has 4 rings (SSSR count). The Hall–Kier alpha value is -2.66. The number of rotatable bonds is 11. The predicted molar refractivity (Wildman–Crippen MR) is 168 cm³/mol. The van der Waals surface area contributed by atoms with Gasteiger partial charge in [0.2, 0.25) is 8.32 Å². The second-order valence-electron chi connectivity index (χ2n) is 11.9. The van der Waals surface area contributed by atoms with Crippen LogP contribution in [0.25, 0.3) is 5.57 Å². The van der Waals surface area contributed by atoms with Gasteiger partial charge in [-0.2, -0.15) is 0 Å². The molecule has 0 saturated carbocycles. The summed E-state index contributed by atoms with van der Waals surface area (Å²) in [5.74, 6) is 0.895. The molecule has 1 aliphatic heterocycles. The van der Waals surface area contributed by atoms with E-state index in [-0.39, 0.29) is 6.10 Å². The molecule has 0 fully saturated rings. The average molecular weight is 542 g/mol. The third kappa shape index (κ3) is 6.74. The SMILES string of the molecule is CC(C)[Si](OC1CN([C@H](C)c2ccccc2)CC=C1c1ccc(OCc2ccccc2)cc1)(C(C)C)C(C)C. The lowest BCUT2D eigenvalue weighted by Gasteiger charge is -2.47. The molecule has 0 spiro atoms. The van der Waals surface area contributed by atoms with Crippen molar-refractivity contribution in [3.63, 3.8) is 0 Å². The topological polar surface area (TPSA) is 21.7 Å². The zero-order chi connectivity index (χ0) is 28.0. The summed E-state index contributed by atoms with van der Waals surface area (Å²) in [5, 5.41) is 0. The Bertz CT molecular complexity index is 1170. The van der Waals surface area contributed by atoms with Crippen molar-refractivity contribution in [2.24, 2.45) is 0 Å². The van der Waals surface area contributed by atoms with Crippen LogP contribution in [-0.4, -0.2) is 32.4 Å². The lowest BCUT2D eigenvalue weighted by atomic mass is 9.95. The lowest BCUT2D eigenvalue weighted by Crippen LogP contribution is -2.53. The molecular weight excluding hydrogens is 494 g/mol.